The first-order chi connectivity index (χ1) is 8.67. The molecule has 2 fully saturated rings. The van der Waals surface area contributed by atoms with Crippen molar-refractivity contribution in [2.24, 2.45) is 11.3 Å². The van der Waals surface area contributed by atoms with Gasteiger partial charge >= 0.3 is 0 Å². The molecule has 2 nitrogen and oxygen atoms in total. The topological polar surface area (TPSA) is 23.5 Å². The van der Waals surface area contributed by atoms with Crippen LogP contribution >= 0.6 is 0 Å². The molecular formula is C16H31NO. The van der Waals surface area contributed by atoms with Gasteiger partial charge in [-0.3, -0.25) is 0 Å². The van der Waals surface area contributed by atoms with E-state index in [4.69, 9.17) is 0 Å². The van der Waals surface area contributed by atoms with Gasteiger partial charge in [0.2, 0.25) is 0 Å². The minimum atomic E-state index is -0.0855. The van der Waals surface area contributed by atoms with E-state index in [1.165, 1.54) is 58.0 Å². The summed E-state index contributed by atoms with van der Waals surface area (Å²) in [6.45, 7) is 7.97. The van der Waals surface area contributed by atoms with Crippen molar-refractivity contribution in [3.05, 3.63) is 0 Å². The second kappa shape index (κ2) is 6.38. The van der Waals surface area contributed by atoms with Crippen LogP contribution in [-0.4, -0.2) is 35.7 Å². The first-order valence-corrected chi connectivity index (χ1v) is 8.08. The molecule has 1 N–H and O–H groups in total. The van der Waals surface area contributed by atoms with Gasteiger partial charge in [-0.25, -0.2) is 0 Å². The molecule has 1 saturated carbocycles. The van der Waals surface area contributed by atoms with Crippen molar-refractivity contribution >= 4 is 0 Å². The van der Waals surface area contributed by atoms with Gasteiger partial charge in [-0.05, 0) is 43.6 Å². The summed E-state index contributed by atoms with van der Waals surface area (Å²) in [7, 11) is 0. The molecule has 1 aliphatic carbocycles. The number of hydrogen-bond donors (Lipinski definition) is 1. The van der Waals surface area contributed by atoms with Crippen molar-refractivity contribution in [3.63, 3.8) is 0 Å². The normalized spacial score (nSPS) is 26.8. The maximum absolute atomic E-state index is 10.2. The van der Waals surface area contributed by atoms with E-state index in [9.17, 15) is 5.11 Å². The molecule has 0 spiro atoms. The molecule has 0 amide bonds. The Morgan fingerprint density at radius 1 is 1.22 bits per heavy atom. The molecule has 1 unspecified atom stereocenters. The van der Waals surface area contributed by atoms with Gasteiger partial charge in [-0.15, -0.1) is 0 Å². The Balaban J connectivity index is 1.73. The molecular weight excluding hydrogens is 222 g/mol. The standard InChI is InChI=1S/C16H31NO/c1-3-16(4-2)9-10-17(13-16)12-15(18)11-14-7-5-6-8-14/h14-15,18H,3-13H2,1-2H3. The fraction of sp³-hybridized carbons (Fsp3) is 1.00. The number of β-amino-alcohol motifs (C(OH)–C–C–N with tert-alkyl or cyclic N) is 1. The van der Waals surface area contributed by atoms with Gasteiger partial charge < -0.3 is 10.0 Å². The highest BCUT2D eigenvalue weighted by Crippen LogP contribution is 2.37. The summed E-state index contributed by atoms with van der Waals surface area (Å²) < 4.78 is 0. The second-order valence-corrected chi connectivity index (χ2v) is 6.73. The molecule has 106 valence electrons. The Hall–Kier alpha value is -0.0800. The van der Waals surface area contributed by atoms with E-state index in [2.05, 4.69) is 18.7 Å². The summed E-state index contributed by atoms with van der Waals surface area (Å²) in [5.41, 5.74) is 0.549. The molecule has 2 rings (SSSR count). The summed E-state index contributed by atoms with van der Waals surface area (Å²) in [5.74, 6) is 0.810. The van der Waals surface area contributed by atoms with Crippen molar-refractivity contribution in [2.45, 2.75) is 71.3 Å². The zero-order valence-corrected chi connectivity index (χ0v) is 12.3. The van der Waals surface area contributed by atoms with Gasteiger partial charge in [-0.1, -0.05) is 39.5 Å². The Kier molecular flexibility index (Phi) is 5.08. The van der Waals surface area contributed by atoms with Crippen molar-refractivity contribution in [2.75, 3.05) is 19.6 Å². The van der Waals surface area contributed by atoms with Crippen molar-refractivity contribution in [3.8, 4) is 0 Å². The van der Waals surface area contributed by atoms with Gasteiger partial charge in [0.15, 0.2) is 0 Å². The van der Waals surface area contributed by atoms with Gasteiger partial charge in [0.25, 0.3) is 0 Å². The highest BCUT2D eigenvalue weighted by Gasteiger charge is 2.35. The van der Waals surface area contributed by atoms with Crippen molar-refractivity contribution in [1.82, 2.24) is 4.90 Å². The molecule has 0 aromatic rings. The molecule has 1 heterocycles. The molecule has 1 saturated heterocycles. The smallest absolute Gasteiger partial charge is 0.0669 e. The van der Waals surface area contributed by atoms with Crippen LogP contribution in [0.4, 0.5) is 0 Å². The molecule has 2 aliphatic rings. The third kappa shape index (κ3) is 3.48. The minimum Gasteiger partial charge on any atom is -0.392 e. The Morgan fingerprint density at radius 2 is 1.89 bits per heavy atom. The van der Waals surface area contributed by atoms with E-state index < -0.39 is 0 Å². The van der Waals surface area contributed by atoms with Crippen LogP contribution in [0.25, 0.3) is 0 Å². The van der Waals surface area contributed by atoms with E-state index in [1.54, 1.807) is 0 Å². The monoisotopic (exact) mass is 253 g/mol. The van der Waals surface area contributed by atoms with E-state index in [0.717, 1.165) is 18.9 Å². The van der Waals surface area contributed by atoms with E-state index >= 15 is 0 Å². The third-order valence-corrected chi connectivity index (χ3v) is 5.57. The van der Waals surface area contributed by atoms with Crippen molar-refractivity contribution < 1.29 is 5.11 Å². The van der Waals surface area contributed by atoms with E-state index in [0.29, 0.717) is 5.41 Å². The summed E-state index contributed by atoms with van der Waals surface area (Å²) in [4.78, 5) is 2.51. The highest BCUT2D eigenvalue weighted by atomic mass is 16.3. The predicted molar refractivity (Wildman–Crippen MR) is 76.7 cm³/mol. The third-order valence-electron chi connectivity index (χ3n) is 5.57. The lowest BCUT2D eigenvalue weighted by Crippen LogP contribution is -2.33. The van der Waals surface area contributed by atoms with Gasteiger partial charge in [0.1, 0.15) is 0 Å². The van der Waals surface area contributed by atoms with Crippen LogP contribution in [0.15, 0.2) is 0 Å². The number of hydrogen-bond acceptors (Lipinski definition) is 2. The summed E-state index contributed by atoms with van der Waals surface area (Å²) >= 11 is 0. The molecule has 2 heteroatoms. The average molecular weight is 253 g/mol. The van der Waals surface area contributed by atoms with Crippen LogP contribution in [-0.2, 0) is 0 Å². The Labute approximate surface area is 113 Å². The highest BCUT2D eigenvalue weighted by molar-refractivity contribution is 4.88. The van der Waals surface area contributed by atoms with E-state index in [-0.39, 0.29) is 6.10 Å². The zero-order valence-electron chi connectivity index (χ0n) is 12.3. The van der Waals surface area contributed by atoms with Gasteiger partial charge in [-0.2, -0.15) is 0 Å². The quantitative estimate of drug-likeness (QED) is 0.784. The number of aliphatic hydroxyl groups excluding tert-OH is 1. The zero-order chi connectivity index (χ0) is 13.0. The maximum Gasteiger partial charge on any atom is 0.0669 e. The first kappa shape index (κ1) is 14.3. The molecule has 0 bridgehead atoms. The largest absolute Gasteiger partial charge is 0.392 e. The SMILES string of the molecule is CCC1(CC)CCN(CC(O)CC2CCCC2)C1. The lowest BCUT2D eigenvalue weighted by molar-refractivity contribution is 0.0947. The molecule has 18 heavy (non-hydrogen) atoms. The number of rotatable bonds is 6. The Bertz CT molecular complexity index is 243. The molecule has 0 radical (unpaired) electrons. The average Bonchev–Trinajstić information content (AvgIpc) is 2.99. The lowest BCUT2D eigenvalue weighted by atomic mass is 9.82. The molecule has 1 atom stereocenters. The number of aliphatic hydroxyl groups is 1. The van der Waals surface area contributed by atoms with Crippen LogP contribution in [0.3, 0.4) is 0 Å². The van der Waals surface area contributed by atoms with Crippen LogP contribution in [0.5, 0.6) is 0 Å². The van der Waals surface area contributed by atoms with Crippen LogP contribution < -0.4 is 0 Å². The molecule has 1 aliphatic heterocycles. The van der Waals surface area contributed by atoms with Crippen LogP contribution in [0, 0.1) is 11.3 Å². The molecule has 0 aromatic heterocycles. The van der Waals surface area contributed by atoms with E-state index in [1.807, 2.05) is 0 Å². The first-order valence-electron chi connectivity index (χ1n) is 8.08. The van der Waals surface area contributed by atoms with Gasteiger partial charge in [0, 0.05) is 13.1 Å². The summed E-state index contributed by atoms with van der Waals surface area (Å²) in [6, 6.07) is 0. The van der Waals surface area contributed by atoms with Crippen LogP contribution in [0.2, 0.25) is 0 Å². The fourth-order valence-electron chi connectivity index (χ4n) is 4.01. The minimum absolute atomic E-state index is 0.0855. The molecule has 0 aromatic carbocycles. The summed E-state index contributed by atoms with van der Waals surface area (Å²) in [5, 5.41) is 10.2. The Morgan fingerprint density at radius 3 is 2.44 bits per heavy atom. The van der Waals surface area contributed by atoms with Crippen molar-refractivity contribution in [1.29, 1.82) is 0 Å². The fourth-order valence-corrected chi connectivity index (χ4v) is 4.01. The van der Waals surface area contributed by atoms with Crippen LogP contribution in [0.1, 0.15) is 65.2 Å². The lowest BCUT2D eigenvalue weighted by Gasteiger charge is -2.27. The summed E-state index contributed by atoms with van der Waals surface area (Å²) in [6.07, 6.45) is 10.3. The predicted octanol–water partition coefficient (Wildman–Crippen LogP) is 3.44. The number of likely N-dealkylation sites (tertiary alicyclic amines) is 1. The second-order valence-electron chi connectivity index (χ2n) is 6.73. The number of nitrogens with zero attached hydrogens (tertiary/aromatic N) is 1. The van der Waals surface area contributed by atoms with Gasteiger partial charge in [0.05, 0.1) is 6.10 Å². The maximum atomic E-state index is 10.2.